The fraction of sp³-hybridized carbons (Fsp3) is 0.857. The molecule has 0 bridgehead atoms. The topological polar surface area (TPSA) is 12.0 Å². The van der Waals surface area contributed by atoms with Crippen LogP contribution in [-0.4, -0.2) is 13.1 Å². The third kappa shape index (κ3) is 1.48. The van der Waals surface area contributed by atoms with E-state index >= 15 is 0 Å². The first kappa shape index (κ1) is 6.09. The zero-order valence-corrected chi connectivity index (χ0v) is 5.65. The van der Waals surface area contributed by atoms with Crippen LogP contribution in [0.25, 0.3) is 0 Å². The van der Waals surface area contributed by atoms with Gasteiger partial charge in [-0.05, 0) is 31.3 Å². The Balaban J connectivity index is 2.23. The zero-order valence-electron chi connectivity index (χ0n) is 5.65. The highest BCUT2D eigenvalue weighted by atomic mass is 14.9. The minimum atomic E-state index is 0.777. The van der Waals surface area contributed by atoms with Crippen molar-refractivity contribution in [2.45, 2.75) is 13.8 Å². The van der Waals surface area contributed by atoms with E-state index in [9.17, 15) is 0 Å². The monoisotopic (exact) mass is 112 g/mol. The van der Waals surface area contributed by atoms with E-state index in [1.54, 1.807) is 0 Å². The fourth-order valence-electron chi connectivity index (χ4n) is 1.24. The van der Waals surface area contributed by atoms with Crippen molar-refractivity contribution in [3.8, 4) is 0 Å². The highest BCUT2D eigenvalue weighted by Crippen LogP contribution is 2.12. The van der Waals surface area contributed by atoms with Crippen LogP contribution >= 0.6 is 0 Å². The molecule has 1 heteroatoms. The molecule has 0 aromatic heterocycles. The van der Waals surface area contributed by atoms with Crippen LogP contribution in [-0.2, 0) is 0 Å². The SMILES string of the molecule is CC1[CH]C(C)CNC1. The van der Waals surface area contributed by atoms with Gasteiger partial charge in [-0.15, -0.1) is 0 Å². The second-order valence-electron chi connectivity index (χ2n) is 2.81. The van der Waals surface area contributed by atoms with E-state index in [2.05, 4.69) is 25.6 Å². The second-order valence-corrected chi connectivity index (χ2v) is 2.81. The Morgan fingerprint density at radius 2 is 1.75 bits per heavy atom. The van der Waals surface area contributed by atoms with Gasteiger partial charge in [0, 0.05) is 0 Å². The summed E-state index contributed by atoms with van der Waals surface area (Å²) in [5.41, 5.74) is 0. The minimum absolute atomic E-state index is 0.777. The van der Waals surface area contributed by atoms with Gasteiger partial charge in [0.2, 0.25) is 0 Å². The van der Waals surface area contributed by atoms with Crippen molar-refractivity contribution >= 4 is 0 Å². The van der Waals surface area contributed by atoms with Crippen LogP contribution in [0.3, 0.4) is 0 Å². The maximum Gasteiger partial charge on any atom is -0.00202 e. The predicted molar refractivity (Wildman–Crippen MR) is 35.5 cm³/mol. The van der Waals surface area contributed by atoms with Crippen LogP contribution in [0.4, 0.5) is 0 Å². The quantitative estimate of drug-likeness (QED) is 0.494. The number of hydrogen-bond acceptors (Lipinski definition) is 1. The predicted octanol–water partition coefficient (Wildman–Crippen LogP) is 1.07. The third-order valence-corrected chi connectivity index (χ3v) is 1.59. The van der Waals surface area contributed by atoms with Crippen LogP contribution in [0.15, 0.2) is 0 Å². The van der Waals surface area contributed by atoms with Crippen LogP contribution in [0.2, 0.25) is 0 Å². The fourth-order valence-corrected chi connectivity index (χ4v) is 1.24. The van der Waals surface area contributed by atoms with Gasteiger partial charge in [-0.25, -0.2) is 0 Å². The van der Waals surface area contributed by atoms with Crippen molar-refractivity contribution in [3.63, 3.8) is 0 Å². The van der Waals surface area contributed by atoms with Gasteiger partial charge in [0.25, 0.3) is 0 Å². The molecule has 1 aliphatic heterocycles. The first-order chi connectivity index (χ1) is 3.79. The van der Waals surface area contributed by atoms with E-state index < -0.39 is 0 Å². The zero-order chi connectivity index (χ0) is 5.98. The molecule has 1 fully saturated rings. The molecular formula is C7H14N. The molecule has 2 unspecified atom stereocenters. The maximum absolute atomic E-state index is 3.35. The van der Waals surface area contributed by atoms with Crippen molar-refractivity contribution < 1.29 is 0 Å². The van der Waals surface area contributed by atoms with E-state index in [4.69, 9.17) is 0 Å². The molecule has 0 saturated carbocycles. The molecule has 1 heterocycles. The summed E-state index contributed by atoms with van der Waals surface area (Å²) in [5.74, 6) is 1.55. The van der Waals surface area contributed by atoms with Crippen LogP contribution in [0.5, 0.6) is 0 Å². The summed E-state index contributed by atoms with van der Waals surface area (Å²) < 4.78 is 0. The highest BCUT2D eigenvalue weighted by molar-refractivity contribution is 4.85. The van der Waals surface area contributed by atoms with Crippen molar-refractivity contribution in [3.05, 3.63) is 6.42 Å². The van der Waals surface area contributed by atoms with Gasteiger partial charge in [0.15, 0.2) is 0 Å². The van der Waals surface area contributed by atoms with E-state index in [1.165, 1.54) is 13.1 Å². The lowest BCUT2D eigenvalue weighted by atomic mass is 9.94. The van der Waals surface area contributed by atoms with Gasteiger partial charge >= 0.3 is 0 Å². The molecule has 8 heavy (non-hydrogen) atoms. The first-order valence-electron chi connectivity index (χ1n) is 3.34. The molecule has 1 rings (SSSR count). The summed E-state index contributed by atoms with van der Waals surface area (Å²) in [6.07, 6.45) is 2.41. The molecule has 0 aromatic rings. The van der Waals surface area contributed by atoms with E-state index in [1.807, 2.05) is 0 Å². The smallest absolute Gasteiger partial charge is 0.00202 e. The molecule has 1 aliphatic rings. The van der Waals surface area contributed by atoms with Crippen LogP contribution in [0, 0.1) is 18.3 Å². The van der Waals surface area contributed by atoms with Crippen molar-refractivity contribution in [1.29, 1.82) is 0 Å². The molecule has 1 N–H and O–H groups in total. The van der Waals surface area contributed by atoms with Crippen LogP contribution in [0.1, 0.15) is 13.8 Å². The summed E-state index contributed by atoms with van der Waals surface area (Å²) in [6, 6.07) is 0. The summed E-state index contributed by atoms with van der Waals surface area (Å²) in [7, 11) is 0. The summed E-state index contributed by atoms with van der Waals surface area (Å²) in [4.78, 5) is 0. The molecule has 0 aliphatic carbocycles. The van der Waals surface area contributed by atoms with Gasteiger partial charge in [0.05, 0.1) is 0 Å². The number of piperidine rings is 1. The summed E-state index contributed by atoms with van der Waals surface area (Å²) in [5, 5.41) is 3.35. The van der Waals surface area contributed by atoms with E-state index in [-0.39, 0.29) is 0 Å². The molecular weight excluding hydrogens is 98.1 g/mol. The largest absolute Gasteiger partial charge is 0.316 e. The molecule has 2 atom stereocenters. The van der Waals surface area contributed by atoms with Crippen molar-refractivity contribution in [2.24, 2.45) is 11.8 Å². The lowest BCUT2D eigenvalue weighted by Gasteiger charge is -2.23. The molecule has 47 valence electrons. The Morgan fingerprint density at radius 1 is 1.25 bits per heavy atom. The number of nitrogens with one attached hydrogen (secondary N) is 1. The second kappa shape index (κ2) is 2.49. The normalized spacial score (nSPS) is 39.8. The molecule has 0 spiro atoms. The molecule has 1 radical (unpaired) electrons. The Morgan fingerprint density at radius 3 is 2.00 bits per heavy atom. The van der Waals surface area contributed by atoms with Crippen molar-refractivity contribution in [1.82, 2.24) is 5.32 Å². The van der Waals surface area contributed by atoms with E-state index in [0.717, 1.165) is 11.8 Å². The number of hydrogen-bond donors (Lipinski definition) is 1. The molecule has 0 aromatic carbocycles. The standard InChI is InChI=1S/C7H14N/c1-6-3-7(2)5-8-4-6/h3,6-8H,4-5H2,1-2H3. The van der Waals surface area contributed by atoms with Gasteiger partial charge in [-0.2, -0.15) is 0 Å². The van der Waals surface area contributed by atoms with Gasteiger partial charge < -0.3 is 5.32 Å². The Kier molecular flexibility index (Phi) is 1.90. The maximum atomic E-state index is 3.35. The number of rotatable bonds is 0. The summed E-state index contributed by atoms with van der Waals surface area (Å²) >= 11 is 0. The Labute approximate surface area is 51.5 Å². The lowest BCUT2D eigenvalue weighted by molar-refractivity contribution is 0.416. The van der Waals surface area contributed by atoms with Gasteiger partial charge in [0.1, 0.15) is 0 Å². The third-order valence-electron chi connectivity index (χ3n) is 1.59. The Hall–Kier alpha value is -0.0400. The average molecular weight is 112 g/mol. The van der Waals surface area contributed by atoms with Gasteiger partial charge in [-0.3, -0.25) is 0 Å². The molecule has 1 nitrogen and oxygen atoms in total. The van der Waals surface area contributed by atoms with Crippen LogP contribution < -0.4 is 5.32 Å². The first-order valence-corrected chi connectivity index (χ1v) is 3.34. The average Bonchev–Trinajstić information content (AvgIpc) is 1.64. The molecule has 0 amide bonds. The molecule has 1 saturated heterocycles. The highest BCUT2D eigenvalue weighted by Gasteiger charge is 2.13. The minimum Gasteiger partial charge on any atom is -0.316 e. The van der Waals surface area contributed by atoms with E-state index in [0.29, 0.717) is 0 Å². The van der Waals surface area contributed by atoms with Crippen molar-refractivity contribution in [2.75, 3.05) is 13.1 Å². The lowest BCUT2D eigenvalue weighted by Crippen LogP contribution is -2.34. The summed E-state index contributed by atoms with van der Waals surface area (Å²) in [6.45, 7) is 6.85. The Bertz CT molecular complexity index is 62.8. The van der Waals surface area contributed by atoms with Gasteiger partial charge in [-0.1, -0.05) is 13.8 Å².